The molecule has 174 valence electrons. The summed E-state index contributed by atoms with van der Waals surface area (Å²) < 4.78 is 0. The van der Waals surface area contributed by atoms with Crippen LogP contribution in [0.25, 0.3) is 0 Å². The highest BCUT2D eigenvalue weighted by Crippen LogP contribution is 2.38. The smallest absolute Gasteiger partial charge is 0.305 e. The van der Waals surface area contributed by atoms with Crippen LogP contribution in [0.1, 0.15) is 35.4 Å². The van der Waals surface area contributed by atoms with Crippen LogP contribution in [0.15, 0.2) is 91.0 Å². The topological polar surface area (TPSA) is 43.9 Å². The quantitative estimate of drug-likeness (QED) is 0.506. The molecule has 2 heterocycles. The van der Waals surface area contributed by atoms with Crippen LogP contribution in [-0.2, 0) is 11.3 Å². The highest BCUT2D eigenvalue weighted by molar-refractivity contribution is 6.06. The van der Waals surface area contributed by atoms with Crippen molar-refractivity contribution in [3.63, 3.8) is 0 Å². The first-order chi connectivity index (χ1) is 16.6. The third-order valence-corrected chi connectivity index (χ3v) is 7.45. The summed E-state index contributed by atoms with van der Waals surface area (Å²) in [5, 5.41) is 0. The van der Waals surface area contributed by atoms with E-state index in [0.717, 1.165) is 25.2 Å². The first-order valence-electron chi connectivity index (χ1n) is 12.0. The van der Waals surface area contributed by atoms with Gasteiger partial charge in [0.1, 0.15) is 5.54 Å². The van der Waals surface area contributed by atoms with E-state index in [9.17, 15) is 9.59 Å². The number of nitrogens with zero attached hydrogens (tertiary/aromatic N) is 3. The minimum atomic E-state index is -0.743. The molecular formula is C29H31N3O2. The number of carbonyl (C=O) groups excluding carboxylic acids is 2. The van der Waals surface area contributed by atoms with Crippen LogP contribution in [0.4, 0.5) is 4.79 Å². The van der Waals surface area contributed by atoms with Gasteiger partial charge in [0.25, 0.3) is 5.91 Å². The Morgan fingerprint density at radius 2 is 1.26 bits per heavy atom. The second-order valence-corrected chi connectivity index (χ2v) is 9.42. The largest absolute Gasteiger partial charge is 0.327 e. The van der Waals surface area contributed by atoms with Gasteiger partial charge in [-0.15, -0.1) is 0 Å². The van der Waals surface area contributed by atoms with Gasteiger partial charge in [0.05, 0.1) is 0 Å². The molecule has 0 unspecified atom stereocenters. The molecule has 0 aromatic heterocycles. The first-order valence-corrected chi connectivity index (χ1v) is 12.0. The second kappa shape index (κ2) is 9.43. The lowest BCUT2D eigenvalue weighted by Gasteiger charge is -2.43. The Bertz CT molecular complexity index is 1090. The van der Waals surface area contributed by atoms with Crippen LogP contribution in [0.2, 0.25) is 0 Å². The Labute approximate surface area is 201 Å². The molecule has 3 amide bonds. The van der Waals surface area contributed by atoms with Crippen molar-refractivity contribution in [2.45, 2.75) is 30.8 Å². The number of hydrogen-bond acceptors (Lipinski definition) is 3. The standard InChI is InChI=1S/C29H31N3O2/c1-30-27(33)29(32(28(30)34)21-23-11-5-2-6-12-23)17-19-31(20-18-29)22-26(24-13-7-3-8-14-24)25-15-9-4-10-16-25/h2-16,26H,17-22H2,1H3. The Morgan fingerprint density at radius 1 is 0.765 bits per heavy atom. The third-order valence-electron chi connectivity index (χ3n) is 7.45. The van der Waals surface area contributed by atoms with Gasteiger partial charge >= 0.3 is 6.03 Å². The van der Waals surface area contributed by atoms with Crippen LogP contribution < -0.4 is 0 Å². The van der Waals surface area contributed by atoms with Crippen LogP contribution in [0, 0.1) is 0 Å². The Balaban J connectivity index is 1.35. The summed E-state index contributed by atoms with van der Waals surface area (Å²) in [6.07, 6.45) is 1.32. The number of amides is 3. The zero-order valence-corrected chi connectivity index (χ0v) is 19.6. The van der Waals surface area contributed by atoms with Gasteiger partial charge in [0.15, 0.2) is 0 Å². The first kappa shape index (κ1) is 22.4. The lowest BCUT2D eigenvalue weighted by atomic mass is 9.84. The van der Waals surface area contributed by atoms with Gasteiger partial charge in [-0.3, -0.25) is 9.69 Å². The minimum absolute atomic E-state index is 0.0595. The van der Waals surface area contributed by atoms with Gasteiger partial charge in [0, 0.05) is 39.1 Å². The van der Waals surface area contributed by atoms with E-state index in [1.165, 1.54) is 16.0 Å². The lowest BCUT2D eigenvalue weighted by molar-refractivity contribution is -0.135. The second-order valence-electron chi connectivity index (χ2n) is 9.42. The lowest BCUT2D eigenvalue weighted by Crippen LogP contribution is -2.56. The number of urea groups is 1. The maximum absolute atomic E-state index is 13.3. The number of benzene rings is 3. The van der Waals surface area contributed by atoms with Gasteiger partial charge in [-0.1, -0.05) is 91.0 Å². The molecule has 3 aromatic carbocycles. The normalized spacial score (nSPS) is 18.3. The molecule has 5 rings (SSSR count). The molecule has 1 spiro atoms. The SMILES string of the molecule is CN1C(=O)N(Cc2ccccc2)C2(CCN(CC(c3ccccc3)c3ccccc3)CC2)C1=O. The van der Waals surface area contributed by atoms with Gasteiger partial charge in [-0.2, -0.15) is 0 Å². The molecule has 0 radical (unpaired) electrons. The number of rotatable bonds is 6. The maximum atomic E-state index is 13.3. The molecule has 0 bridgehead atoms. The summed E-state index contributed by atoms with van der Waals surface area (Å²) in [4.78, 5) is 31.9. The van der Waals surface area contributed by atoms with Crippen LogP contribution >= 0.6 is 0 Å². The molecule has 3 aromatic rings. The molecular weight excluding hydrogens is 422 g/mol. The van der Waals surface area contributed by atoms with E-state index < -0.39 is 5.54 Å². The average Bonchev–Trinajstić information content (AvgIpc) is 3.06. The summed E-state index contributed by atoms with van der Waals surface area (Å²) in [7, 11) is 1.62. The third kappa shape index (κ3) is 4.12. The van der Waals surface area contributed by atoms with Crippen LogP contribution in [0.3, 0.4) is 0 Å². The highest BCUT2D eigenvalue weighted by Gasteiger charge is 2.56. The fourth-order valence-electron chi connectivity index (χ4n) is 5.49. The number of likely N-dealkylation sites (tertiary alicyclic amines) is 1. The van der Waals surface area contributed by atoms with Crippen molar-refractivity contribution >= 4 is 11.9 Å². The monoisotopic (exact) mass is 453 g/mol. The number of carbonyl (C=O) groups is 2. The molecule has 34 heavy (non-hydrogen) atoms. The van der Waals surface area contributed by atoms with E-state index in [-0.39, 0.29) is 17.9 Å². The number of likely N-dealkylation sites (N-methyl/N-ethyl adjacent to an activating group) is 1. The molecule has 0 saturated carbocycles. The molecule has 5 heteroatoms. The summed E-state index contributed by atoms with van der Waals surface area (Å²) >= 11 is 0. The molecule has 0 atom stereocenters. The number of hydrogen-bond donors (Lipinski definition) is 0. The van der Waals surface area contributed by atoms with Crippen molar-refractivity contribution in [1.82, 2.24) is 14.7 Å². The minimum Gasteiger partial charge on any atom is -0.305 e. The van der Waals surface area contributed by atoms with E-state index in [2.05, 4.69) is 65.6 Å². The van der Waals surface area contributed by atoms with Crippen molar-refractivity contribution in [3.05, 3.63) is 108 Å². The molecule has 2 aliphatic heterocycles. The van der Waals surface area contributed by atoms with E-state index in [0.29, 0.717) is 19.4 Å². The number of imide groups is 1. The summed E-state index contributed by atoms with van der Waals surface area (Å²) in [6.45, 7) is 2.93. The molecule has 5 nitrogen and oxygen atoms in total. The predicted molar refractivity (Wildman–Crippen MR) is 133 cm³/mol. The Hall–Kier alpha value is -3.44. The number of piperidine rings is 1. The summed E-state index contributed by atoms with van der Waals surface area (Å²) in [5.74, 6) is 0.205. The van der Waals surface area contributed by atoms with E-state index in [4.69, 9.17) is 0 Å². The van der Waals surface area contributed by atoms with Gasteiger partial charge in [-0.25, -0.2) is 4.79 Å². The van der Waals surface area contributed by atoms with Crippen molar-refractivity contribution in [2.24, 2.45) is 0 Å². The zero-order valence-electron chi connectivity index (χ0n) is 19.6. The summed E-state index contributed by atoms with van der Waals surface area (Å²) in [5.41, 5.74) is 2.90. The Morgan fingerprint density at radius 3 is 1.79 bits per heavy atom. The Kier molecular flexibility index (Phi) is 6.20. The van der Waals surface area contributed by atoms with Crippen molar-refractivity contribution in [3.8, 4) is 0 Å². The van der Waals surface area contributed by atoms with Crippen molar-refractivity contribution < 1.29 is 9.59 Å². The zero-order chi connectivity index (χ0) is 23.5. The van der Waals surface area contributed by atoms with Gasteiger partial charge in [0.2, 0.25) is 0 Å². The molecule has 0 N–H and O–H groups in total. The fourth-order valence-corrected chi connectivity index (χ4v) is 5.49. The molecule has 2 saturated heterocycles. The highest BCUT2D eigenvalue weighted by atomic mass is 16.2. The predicted octanol–water partition coefficient (Wildman–Crippen LogP) is 4.75. The molecule has 2 aliphatic rings. The maximum Gasteiger partial charge on any atom is 0.327 e. The van der Waals surface area contributed by atoms with Gasteiger partial charge in [-0.05, 0) is 29.5 Å². The average molecular weight is 454 g/mol. The van der Waals surface area contributed by atoms with E-state index in [1.54, 1.807) is 7.05 Å². The van der Waals surface area contributed by atoms with Gasteiger partial charge < -0.3 is 9.80 Å². The molecule has 2 fully saturated rings. The fraction of sp³-hybridized carbons (Fsp3) is 0.310. The van der Waals surface area contributed by atoms with E-state index in [1.807, 2.05) is 35.2 Å². The van der Waals surface area contributed by atoms with Crippen LogP contribution in [-0.4, -0.2) is 58.9 Å². The van der Waals surface area contributed by atoms with Crippen molar-refractivity contribution in [2.75, 3.05) is 26.7 Å². The van der Waals surface area contributed by atoms with E-state index >= 15 is 0 Å². The summed E-state index contributed by atoms with van der Waals surface area (Å²) in [6, 6.07) is 31.0. The van der Waals surface area contributed by atoms with Crippen LogP contribution in [0.5, 0.6) is 0 Å². The van der Waals surface area contributed by atoms with Crippen molar-refractivity contribution in [1.29, 1.82) is 0 Å². The molecule has 0 aliphatic carbocycles.